The predicted octanol–water partition coefficient (Wildman–Crippen LogP) is 4.19. The van der Waals surface area contributed by atoms with Crippen molar-refractivity contribution in [1.29, 1.82) is 0 Å². The van der Waals surface area contributed by atoms with Gasteiger partial charge in [0.25, 0.3) is 5.91 Å². The molecule has 0 aliphatic carbocycles. The van der Waals surface area contributed by atoms with Crippen LogP contribution >= 0.6 is 0 Å². The van der Waals surface area contributed by atoms with E-state index in [2.05, 4.69) is 10.3 Å². The number of hydrogen-bond acceptors (Lipinski definition) is 5. The van der Waals surface area contributed by atoms with Gasteiger partial charge >= 0.3 is 6.18 Å². The van der Waals surface area contributed by atoms with E-state index in [1.165, 1.54) is 30.5 Å². The summed E-state index contributed by atoms with van der Waals surface area (Å²) in [6.07, 6.45) is -4.11. The van der Waals surface area contributed by atoms with E-state index in [1.54, 1.807) is 6.07 Å². The van der Waals surface area contributed by atoms with Crippen LogP contribution in [0.5, 0.6) is 11.6 Å². The van der Waals surface area contributed by atoms with Gasteiger partial charge < -0.3 is 19.9 Å². The van der Waals surface area contributed by atoms with Crippen LogP contribution < -0.4 is 10.1 Å². The smallest absolute Gasteiger partial charge is 0.416 e. The van der Waals surface area contributed by atoms with Gasteiger partial charge in [0.15, 0.2) is 0 Å². The molecule has 0 unspecified atom stereocenters. The second-order valence-electron chi connectivity index (χ2n) is 7.40. The molecule has 2 heterocycles. The minimum Gasteiger partial charge on any atom is -0.438 e. The first-order chi connectivity index (χ1) is 15.7. The molecule has 0 spiro atoms. The van der Waals surface area contributed by atoms with E-state index in [4.69, 9.17) is 9.47 Å². The van der Waals surface area contributed by atoms with Crippen LogP contribution in [0.25, 0.3) is 11.1 Å². The van der Waals surface area contributed by atoms with Crippen LogP contribution in [0.15, 0.2) is 60.8 Å². The molecule has 1 aliphatic rings. The Hall–Kier alpha value is -3.50. The lowest BCUT2D eigenvalue weighted by Crippen LogP contribution is -2.42. The molecular weight excluding hydrogens is 444 g/mol. The Balaban J connectivity index is 1.65. The van der Waals surface area contributed by atoms with Crippen molar-refractivity contribution in [2.24, 2.45) is 0 Å². The van der Waals surface area contributed by atoms with Crippen LogP contribution in [0.1, 0.15) is 15.9 Å². The van der Waals surface area contributed by atoms with Crippen molar-refractivity contribution < 1.29 is 36.9 Å². The van der Waals surface area contributed by atoms with Gasteiger partial charge in [0.05, 0.1) is 36.5 Å². The average molecular weight is 462 g/mol. The van der Waals surface area contributed by atoms with Crippen LogP contribution in [0.2, 0.25) is 0 Å². The highest BCUT2D eigenvalue weighted by Gasteiger charge is 2.30. The number of nitrogens with zero attached hydrogens (tertiary/aromatic N) is 1. The lowest BCUT2D eigenvalue weighted by molar-refractivity contribution is -0.137. The van der Waals surface area contributed by atoms with Gasteiger partial charge in [0, 0.05) is 11.8 Å². The number of benzene rings is 2. The summed E-state index contributed by atoms with van der Waals surface area (Å²) in [7, 11) is 0. The Morgan fingerprint density at radius 3 is 2.52 bits per heavy atom. The summed E-state index contributed by atoms with van der Waals surface area (Å²) in [5, 5.41) is 12.5. The molecule has 4 rings (SSSR count). The van der Waals surface area contributed by atoms with E-state index in [0.717, 1.165) is 24.3 Å². The number of halogens is 4. The van der Waals surface area contributed by atoms with E-state index in [1.807, 2.05) is 0 Å². The van der Waals surface area contributed by atoms with Crippen LogP contribution in [0, 0.1) is 5.82 Å². The maximum absolute atomic E-state index is 13.9. The first-order valence-electron chi connectivity index (χ1n) is 9.88. The first-order valence-corrected chi connectivity index (χ1v) is 9.88. The molecule has 172 valence electrons. The van der Waals surface area contributed by atoms with Crippen molar-refractivity contribution in [3.05, 3.63) is 77.7 Å². The van der Waals surface area contributed by atoms with Crippen molar-refractivity contribution in [1.82, 2.24) is 10.3 Å². The number of amides is 1. The number of carbonyl (C=O) groups is 1. The molecule has 1 amide bonds. The molecule has 0 radical (unpaired) electrons. The SMILES string of the molecule is O=C(N[C@@H]1COC[C@@H]1O)c1cnc(Oc2ccc(C(F)(F)F)cc2)c(-c2cccc(F)c2)c1. The van der Waals surface area contributed by atoms with Gasteiger partial charge in [-0.3, -0.25) is 4.79 Å². The molecular formula is C23H18F4N2O4. The Morgan fingerprint density at radius 1 is 1.12 bits per heavy atom. The monoisotopic (exact) mass is 462 g/mol. The minimum absolute atomic E-state index is 0.0267. The van der Waals surface area contributed by atoms with Crippen molar-refractivity contribution in [3.8, 4) is 22.8 Å². The zero-order chi connectivity index (χ0) is 23.6. The maximum atomic E-state index is 13.9. The van der Waals surface area contributed by atoms with Gasteiger partial charge in [0.2, 0.25) is 5.88 Å². The molecule has 1 fully saturated rings. The average Bonchev–Trinajstić information content (AvgIpc) is 3.18. The summed E-state index contributed by atoms with van der Waals surface area (Å²) in [6, 6.07) is 10.4. The first kappa shape index (κ1) is 22.7. The molecule has 33 heavy (non-hydrogen) atoms. The third-order valence-electron chi connectivity index (χ3n) is 5.01. The molecule has 10 heteroatoms. The zero-order valence-corrected chi connectivity index (χ0v) is 17.0. The fraction of sp³-hybridized carbons (Fsp3) is 0.217. The van der Waals surface area contributed by atoms with Crippen molar-refractivity contribution in [3.63, 3.8) is 0 Å². The number of hydrogen-bond donors (Lipinski definition) is 2. The van der Waals surface area contributed by atoms with E-state index < -0.39 is 35.6 Å². The van der Waals surface area contributed by atoms with Crippen LogP contribution in [0.4, 0.5) is 17.6 Å². The summed E-state index contributed by atoms with van der Waals surface area (Å²) in [5.41, 5.74) is -0.111. The Kier molecular flexibility index (Phi) is 6.30. The van der Waals surface area contributed by atoms with Gasteiger partial charge in [-0.1, -0.05) is 12.1 Å². The number of aromatic nitrogens is 1. The molecule has 1 aromatic heterocycles. The summed E-state index contributed by atoms with van der Waals surface area (Å²) >= 11 is 0. The zero-order valence-electron chi connectivity index (χ0n) is 17.0. The number of pyridine rings is 1. The number of nitrogens with one attached hydrogen (secondary N) is 1. The van der Waals surface area contributed by atoms with Crippen molar-refractivity contribution >= 4 is 5.91 Å². The van der Waals surface area contributed by atoms with E-state index in [0.29, 0.717) is 5.56 Å². The fourth-order valence-corrected chi connectivity index (χ4v) is 3.28. The highest BCUT2D eigenvalue weighted by atomic mass is 19.4. The quantitative estimate of drug-likeness (QED) is 0.556. The Labute approximate surface area is 185 Å². The molecule has 3 aromatic rings. The molecule has 6 nitrogen and oxygen atoms in total. The summed E-state index contributed by atoms with van der Waals surface area (Å²) < 4.78 is 63.1. The van der Waals surface area contributed by atoms with Gasteiger partial charge in [-0.2, -0.15) is 13.2 Å². The fourth-order valence-electron chi connectivity index (χ4n) is 3.28. The lowest BCUT2D eigenvalue weighted by Gasteiger charge is -2.16. The normalized spacial score (nSPS) is 18.2. The van der Waals surface area contributed by atoms with Gasteiger partial charge in [-0.05, 0) is 48.0 Å². The van der Waals surface area contributed by atoms with Crippen LogP contribution in [-0.2, 0) is 10.9 Å². The van der Waals surface area contributed by atoms with Crippen LogP contribution in [-0.4, -0.2) is 41.4 Å². The number of carbonyl (C=O) groups excluding carboxylic acids is 1. The molecule has 2 atom stereocenters. The van der Waals surface area contributed by atoms with Crippen LogP contribution in [0.3, 0.4) is 0 Å². The van der Waals surface area contributed by atoms with E-state index in [-0.39, 0.29) is 36.0 Å². The van der Waals surface area contributed by atoms with E-state index >= 15 is 0 Å². The summed E-state index contributed by atoms with van der Waals surface area (Å²) in [6.45, 7) is 0.268. The van der Waals surface area contributed by atoms with Gasteiger partial charge in [-0.25, -0.2) is 9.37 Å². The Bertz CT molecular complexity index is 1150. The second kappa shape index (κ2) is 9.16. The lowest BCUT2D eigenvalue weighted by atomic mass is 10.0. The summed E-state index contributed by atoms with van der Waals surface area (Å²) in [4.78, 5) is 16.8. The Morgan fingerprint density at radius 2 is 1.88 bits per heavy atom. The van der Waals surface area contributed by atoms with E-state index in [9.17, 15) is 27.5 Å². The number of aliphatic hydroxyl groups excluding tert-OH is 1. The topological polar surface area (TPSA) is 80.7 Å². The second-order valence-corrected chi connectivity index (χ2v) is 7.40. The number of ether oxygens (including phenoxy) is 2. The minimum atomic E-state index is -4.49. The predicted molar refractivity (Wildman–Crippen MR) is 109 cm³/mol. The molecule has 0 saturated carbocycles. The van der Waals surface area contributed by atoms with Crippen molar-refractivity contribution in [2.45, 2.75) is 18.3 Å². The summed E-state index contributed by atoms with van der Waals surface area (Å²) in [5.74, 6) is -1.01. The highest BCUT2D eigenvalue weighted by Crippen LogP contribution is 2.35. The highest BCUT2D eigenvalue weighted by molar-refractivity contribution is 5.95. The maximum Gasteiger partial charge on any atom is 0.416 e. The number of aliphatic hydroxyl groups is 1. The van der Waals surface area contributed by atoms with Gasteiger partial charge in [0.1, 0.15) is 11.6 Å². The molecule has 1 aliphatic heterocycles. The largest absolute Gasteiger partial charge is 0.438 e. The third-order valence-corrected chi connectivity index (χ3v) is 5.01. The van der Waals surface area contributed by atoms with Gasteiger partial charge in [-0.15, -0.1) is 0 Å². The standard InChI is InChI=1S/C23H18F4N2O4/c24-16-3-1-2-13(8-16)18-9-14(21(31)29-19-11-32-12-20(19)30)10-28-22(18)33-17-6-4-15(5-7-17)23(25,26)27/h1-10,19-20,30H,11-12H2,(H,29,31)/t19-,20+/m1/s1. The molecule has 1 saturated heterocycles. The van der Waals surface area contributed by atoms with Crippen molar-refractivity contribution in [2.75, 3.05) is 13.2 Å². The molecule has 0 bridgehead atoms. The third kappa shape index (κ3) is 5.29. The number of alkyl halides is 3. The number of rotatable bonds is 5. The molecule has 2 N–H and O–H groups in total. The molecule has 2 aromatic carbocycles.